The lowest BCUT2D eigenvalue weighted by Crippen LogP contribution is -2.25. The van der Waals surface area contributed by atoms with E-state index in [1.165, 1.54) is 0 Å². The second-order valence-corrected chi connectivity index (χ2v) is 5.72. The third kappa shape index (κ3) is 5.00. The number of hydrogen-bond acceptors (Lipinski definition) is 3. The summed E-state index contributed by atoms with van der Waals surface area (Å²) < 4.78 is 0.765. The lowest BCUT2D eigenvalue weighted by molar-refractivity contribution is 0.0951. The number of benzene rings is 1. The van der Waals surface area contributed by atoms with Gasteiger partial charge in [0.2, 0.25) is 0 Å². The number of aliphatic hydroxyl groups excluding tert-OH is 1. The van der Waals surface area contributed by atoms with Crippen molar-refractivity contribution in [1.29, 1.82) is 0 Å². The smallest absolute Gasteiger partial charge is 0.252 e. The molecule has 0 saturated heterocycles. The molecule has 0 heterocycles. The van der Waals surface area contributed by atoms with Crippen molar-refractivity contribution in [2.45, 2.75) is 24.7 Å². The van der Waals surface area contributed by atoms with Crippen LogP contribution in [0.1, 0.15) is 30.1 Å². The van der Waals surface area contributed by atoms with Crippen LogP contribution < -0.4 is 5.32 Å². The van der Waals surface area contributed by atoms with Crippen molar-refractivity contribution < 1.29 is 9.90 Å². The lowest BCUT2D eigenvalue weighted by atomic mass is 10.1. The highest BCUT2D eigenvalue weighted by molar-refractivity contribution is 9.10. The maximum absolute atomic E-state index is 11.9. The molecular formula is C13H18BrNO2S. The molecule has 3 nitrogen and oxygen atoms in total. The SMILES string of the molecule is CC(CO)CCCNC(=O)c1cc(S)ccc1Br. The van der Waals surface area contributed by atoms with Crippen molar-refractivity contribution in [1.82, 2.24) is 5.32 Å². The minimum atomic E-state index is -0.102. The van der Waals surface area contributed by atoms with Crippen LogP contribution in [0.4, 0.5) is 0 Å². The summed E-state index contributed by atoms with van der Waals surface area (Å²) in [6, 6.07) is 5.37. The molecule has 5 heteroatoms. The van der Waals surface area contributed by atoms with Gasteiger partial charge in [0.25, 0.3) is 5.91 Å². The van der Waals surface area contributed by atoms with Gasteiger partial charge in [-0.2, -0.15) is 0 Å². The molecule has 0 radical (unpaired) electrons. The topological polar surface area (TPSA) is 49.3 Å². The third-order valence-corrected chi connectivity index (χ3v) is 3.64. The van der Waals surface area contributed by atoms with Crippen LogP contribution in [0.15, 0.2) is 27.6 Å². The Hall–Kier alpha value is -0.520. The predicted molar refractivity (Wildman–Crippen MR) is 79.2 cm³/mol. The normalized spacial score (nSPS) is 12.2. The zero-order valence-corrected chi connectivity index (χ0v) is 12.8. The predicted octanol–water partition coefficient (Wildman–Crippen LogP) is 2.88. The summed E-state index contributed by atoms with van der Waals surface area (Å²) in [7, 11) is 0. The van der Waals surface area contributed by atoms with Gasteiger partial charge >= 0.3 is 0 Å². The fourth-order valence-corrected chi connectivity index (χ4v) is 2.16. The molecule has 1 atom stereocenters. The Labute approximate surface area is 122 Å². The van der Waals surface area contributed by atoms with Crippen molar-refractivity contribution in [2.24, 2.45) is 5.92 Å². The summed E-state index contributed by atoms with van der Waals surface area (Å²) in [5.74, 6) is 0.184. The summed E-state index contributed by atoms with van der Waals surface area (Å²) in [4.78, 5) is 12.7. The minimum Gasteiger partial charge on any atom is -0.396 e. The van der Waals surface area contributed by atoms with Crippen molar-refractivity contribution in [2.75, 3.05) is 13.2 Å². The van der Waals surface area contributed by atoms with E-state index in [0.29, 0.717) is 12.1 Å². The summed E-state index contributed by atoms with van der Waals surface area (Å²) >= 11 is 7.56. The van der Waals surface area contributed by atoms with Gasteiger partial charge in [-0.15, -0.1) is 12.6 Å². The number of rotatable bonds is 6. The number of nitrogens with one attached hydrogen (secondary N) is 1. The lowest BCUT2D eigenvalue weighted by Gasteiger charge is -2.09. The van der Waals surface area contributed by atoms with Gasteiger partial charge in [-0.05, 0) is 52.9 Å². The third-order valence-electron chi connectivity index (χ3n) is 2.67. The molecule has 100 valence electrons. The van der Waals surface area contributed by atoms with E-state index >= 15 is 0 Å². The van der Waals surface area contributed by atoms with Crippen molar-refractivity contribution in [3.05, 3.63) is 28.2 Å². The second kappa shape index (κ2) is 7.81. The number of halogens is 1. The minimum absolute atomic E-state index is 0.102. The fraction of sp³-hybridized carbons (Fsp3) is 0.462. The maximum Gasteiger partial charge on any atom is 0.252 e. The Morgan fingerprint density at radius 3 is 2.94 bits per heavy atom. The molecule has 1 rings (SSSR count). The zero-order valence-electron chi connectivity index (χ0n) is 10.3. The molecule has 1 aromatic carbocycles. The van der Waals surface area contributed by atoms with Gasteiger partial charge in [0, 0.05) is 22.5 Å². The largest absolute Gasteiger partial charge is 0.396 e. The van der Waals surface area contributed by atoms with Crippen molar-refractivity contribution in [3.63, 3.8) is 0 Å². The zero-order chi connectivity index (χ0) is 13.5. The highest BCUT2D eigenvalue weighted by atomic mass is 79.9. The van der Waals surface area contributed by atoms with Crippen LogP contribution in [0.25, 0.3) is 0 Å². The molecule has 2 N–H and O–H groups in total. The number of carbonyl (C=O) groups is 1. The van der Waals surface area contributed by atoms with Crippen LogP contribution in [0.5, 0.6) is 0 Å². The molecule has 1 amide bonds. The molecule has 0 saturated carbocycles. The summed E-state index contributed by atoms with van der Waals surface area (Å²) in [6.07, 6.45) is 1.77. The summed E-state index contributed by atoms with van der Waals surface area (Å²) in [5.41, 5.74) is 0.595. The van der Waals surface area contributed by atoms with Gasteiger partial charge in [0.1, 0.15) is 0 Å². The van der Waals surface area contributed by atoms with E-state index in [1.54, 1.807) is 6.07 Å². The van der Waals surface area contributed by atoms with E-state index in [1.807, 2.05) is 19.1 Å². The number of aliphatic hydroxyl groups is 1. The summed E-state index contributed by atoms with van der Waals surface area (Å²) in [5, 5.41) is 11.7. The molecule has 1 unspecified atom stereocenters. The first-order chi connectivity index (χ1) is 8.54. The Balaban J connectivity index is 2.43. The molecular weight excluding hydrogens is 314 g/mol. The Morgan fingerprint density at radius 1 is 1.56 bits per heavy atom. The molecule has 0 aliphatic rings. The van der Waals surface area contributed by atoms with E-state index < -0.39 is 0 Å². The first-order valence-corrected chi connectivity index (χ1v) is 7.16. The number of amides is 1. The number of hydrogen-bond donors (Lipinski definition) is 3. The molecule has 0 aromatic heterocycles. The van der Waals surface area contributed by atoms with Crippen LogP contribution in [-0.4, -0.2) is 24.2 Å². The number of carbonyl (C=O) groups excluding carboxylic acids is 1. The van der Waals surface area contributed by atoms with Gasteiger partial charge in [0.15, 0.2) is 0 Å². The molecule has 0 bridgehead atoms. The first kappa shape index (κ1) is 15.5. The van der Waals surface area contributed by atoms with Gasteiger partial charge < -0.3 is 10.4 Å². The highest BCUT2D eigenvalue weighted by Crippen LogP contribution is 2.20. The Bertz CT molecular complexity index is 412. The molecule has 0 aliphatic heterocycles. The average molecular weight is 332 g/mol. The Kier molecular flexibility index (Phi) is 6.75. The van der Waals surface area contributed by atoms with E-state index in [0.717, 1.165) is 22.2 Å². The second-order valence-electron chi connectivity index (χ2n) is 4.35. The van der Waals surface area contributed by atoms with E-state index in [4.69, 9.17) is 5.11 Å². The quantitative estimate of drug-likeness (QED) is 0.554. The molecule has 1 aromatic rings. The van der Waals surface area contributed by atoms with Gasteiger partial charge in [0.05, 0.1) is 5.56 Å². The van der Waals surface area contributed by atoms with E-state index in [2.05, 4.69) is 33.9 Å². The average Bonchev–Trinajstić information content (AvgIpc) is 2.36. The maximum atomic E-state index is 11.9. The summed E-state index contributed by atoms with van der Waals surface area (Å²) in [6.45, 7) is 2.80. The van der Waals surface area contributed by atoms with Crippen molar-refractivity contribution in [3.8, 4) is 0 Å². The molecule has 0 aliphatic carbocycles. The van der Waals surface area contributed by atoms with Gasteiger partial charge in [-0.25, -0.2) is 0 Å². The van der Waals surface area contributed by atoms with Crippen LogP contribution in [0, 0.1) is 5.92 Å². The van der Waals surface area contributed by atoms with Crippen LogP contribution >= 0.6 is 28.6 Å². The van der Waals surface area contributed by atoms with E-state index in [9.17, 15) is 4.79 Å². The Morgan fingerprint density at radius 2 is 2.28 bits per heavy atom. The van der Waals surface area contributed by atoms with Crippen LogP contribution in [0.2, 0.25) is 0 Å². The highest BCUT2D eigenvalue weighted by Gasteiger charge is 2.09. The van der Waals surface area contributed by atoms with Crippen molar-refractivity contribution >= 4 is 34.5 Å². The fourth-order valence-electron chi connectivity index (χ4n) is 1.53. The first-order valence-electron chi connectivity index (χ1n) is 5.92. The molecule has 18 heavy (non-hydrogen) atoms. The van der Waals surface area contributed by atoms with Crippen LogP contribution in [-0.2, 0) is 0 Å². The van der Waals surface area contributed by atoms with Crippen LogP contribution in [0.3, 0.4) is 0 Å². The molecule has 0 fully saturated rings. The van der Waals surface area contributed by atoms with Gasteiger partial charge in [-0.3, -0.25) is 4.79 Å². The molecule has 0 spiro atoms. The van der Waals surface area contributed by atoms with Gasteiger partial charge in [-0.1, -0.05) is 6.92 Å². The monoisotopic (exact) mass is 331 g/mol. The number of thiol groups is 1. The standard InChI is InChI=1S/C13H18BrNO2S/c1-9(8-16)3-2-6-15-13(17)11-7-10(18)4-5-12(11)14/h4-5,7,9,16,18H,2-3,6,8H2,1H3,(H,15,17). The van der Waals surface area contributed by atoms with E-state index in [-0.39, 0.29) is 18.4 Å².